The Morgan fingerprint density at radius 3 is 2.48 bits per heavy atom. The highest BCUT2D eigenvalue weighted by Gasteiger charge is 2.29. The standard InChI is InChI=1S/C19H19F2NO3S2/c1-13(23)14-2-5-16(6-3-14)27(24,25)22-9-8-19(26-11-10-22)17-12-15(20)4-7-18(17)21/h2-7,12,19H,8-11H2,1H3. The molecule has 0 radical (unpaired) electrons. The van der Waals surface area contributed by atoms with E-state index in [1.54, 1.807) is 0 Å². The fraction of sp³-hybridized carbons (Fsp3) is 0.316. The molecule has 1 heterocycles. The zero-order valence-corrected chi connectivity index (χ0v) is 16.3. The predicted octanol–water partition coefficient (Wildman–Crippen LogP) is 4.04. The average Bonchev–Trinajstić information content (AvgIpc) is 2.90. The summed E-state index contributed by atoms with van der Waals surface area (Å²) in [6.07, 6.45) is 0.385. The first kappa shape index (κ1) is 20.0. The molecule has 0 aromatic heterocycles. The summed E-state index contributed by atoms with van der Waals surface area (Å²) in [6.45, 7) is 1.92. The van der Waals surface area contributed by atoms with Crippen LogP contribution < -0.4 is 0 Å². The zero-order valence-electron chi connectivity index (χ0n) is 14.7. The molecule has 0 N–H and O–H groups in total. The molecule has 1 atom stereocenters. The van der Waals surface area contributed by atoms with Gasteiger partial charge in [0.1, 0.15) is 11.6 Å². The summed E-state index contributed by atoms with van der Waals surface area (Å²) in [4.78, 5) is 11.5. The van der Waals surface area contributed by atoms with E-state index in [1.165, 1.54) is 53.3 Å². The molecule has 2 aromatic rings. The van der Waals surface area contributed by atoms with Gasteiger partial charge < -0.3 is 0 Å². The van der Waals surface area contributed by atoms with Crippen molar-refractivity contribution in [1.82, 2.24) is 4.31 Å². The maximum Gasteiger partial charge on any atom is 0.243 e. The van der Waals surface area contributed by atoms with E-state index in [0.717, 1.165) is 12.1 Å². The molecular formula is C19H19F2NO3S2. The van der Waals surface area contributed by atoms with Crippen LogP contribution in [0.1, 0.15) is 34.5 Å². The molecule has 144 valence electrons. The Morgan fingerprint density at radius 1 is 1.11 bits per heavy atom. The summed E-state index contributed by atoms with van der Waals surface area (Å²) in [5.41, 5.74) is 0.715. The van der Waals surface area contributed by atoms with Crippen LogP contribution in [0.4, 0.5) is 8.78 Å². The number of carbonyl (C=O) groups is 1. The van der Waals surface area contributed by atoms with Crippen molar-refractivity contribution in [2.45, 2.75) is 23.5 Å². The number of halogens is 2. The molecule has 0 aliphatic carbocycles. The predicted molar refractivity (Wildman–Crippen MR) is 101 cm³/mol. The van der Waals surface area contributed by atoms with E-state index in [0.29, 0.717) is 17.7 Å². The van der Waals surface area contributed by atoms with Crippen molar-refractivity contribution in [2.75, 3.05) is 18.8 Å². The molecule has 8 heteroatoms. The molecule has 1 fully saturated rings. The van der Waals surface area contributed by atoms with E-state index in [4.69, 9.17) is 0 Å². The fourth-order valence-electron chi connectivity index (χ4n) is 3.01. The zero-order chi connectivity index (χ0) is 19.6. The molecule has 1 saturated heterocycles. The molecule has 27 heavy (non-hydrogen) atoms. The summed E-state index contributed by atoms with van der Waals surface area (Å²) < 4.78 is 54.6. The summed E-state index contributed by atoms with van der Waals surface area (Å²) >= 11 is 1.42. The number of nitrogens with zero attached hydrogens (tertiary/aromatic N) is 1. The monoisotopic (exact) mass is 411 g/mol. The highest BCUT2D eigenvalue weighted by molar-refractivity contribution is 7.99. The number of ketones is 1. The average molecular weight is 411 g/mol. The van der Waals surface area contributed by atoms with E-state index in [2.05, 4.69) is 0 Å². The third-order valence-electron chi connectivity index (χ3n) is 4.50. The minimum absolute atomic E-state index is 0.118. The quantitative estimate of drug-likeness (QED) is 0.713. The van der Waals surface area contributed by atoms with Crippen LogP contribution in [-0.2, 0) is 10.0 Å². The van der Waals surface area contributed by atoms with Gasteiger partial charge in [0.15, 0.2) is 5.78 Å². The molecule has 1 unspecified atom stereocenters. The lowest BCUT2D eigenvalue weighted by Gasteiger charge is -2.20. The molecular weight excluding hydrogens is 392 g/mol. The van der Waals surface area contributed by atoms with Gasteiger partial charge in [0.25, 0.3) is 0 Å². The first-order chi connectivity index (χ1) is 12.8. The minimum Gasteiger partial charge on any atom is -0.295 e. The minimum atomic E-state index is -3.71. The molecule has 0 bridgehead atoms. The second-order valence-corrected chi connectivity index (χ2v) is 9.55. The van der Waals surface area contributed by atoms with Crippen molar-refractivity contribution >= 4 is 27.6 Å². The Hall–Kier alpha value is -1.77. The van der Waals surface area contributed by atoms with Crippen LogP contribution in [-0.4, -0.2) is 37.3 Å². The number of hydrogen-bond acceptors (Lipinski definition) is 4. The van der Waals surface area contributed by atoms with E-state index >= 15 is 0 Å². The third kappa shape index (κ3) is 4.39. The Labute approximate surface area is 161 Å². The number of sulfonamides is 1. The molecule has 3 rings (SSSR count). The van der Waals surface area contributed by atoms with Gasteiger partial charge in [-0.15, -0.1) is 0 Å². The fourth-order valence-corrected chi connectivity index (χ4v) is 5.82. The van der Waals surface area contributed by atoms with Crippen molar-refractivity contribution < 1.29 is 22.0 Å². The van der Waals surface area contributed by atoms with Crippen LogP contribution in [0, 0.1) is 11.6 Å². The summed E-state index contributed by atoms with van der Waals surface area (Å²) in [5.74, 6) is -0.646. The van der Waals surface area contributed by atoms with Crippen molar-refractivity contribution in [3.05, 3.63) is 65.2 Å². The third-order valence-corrected chi connectivity index (χ3v) is 7.73. The van der Waals surface area contributed by atoms with Crippen LogP contribution in [0.25, 0.3) is 0 Å². The first-order valence-corrected chi connectivity index (χ1v) is 11.0. The second kappa shape index (κ2) is 8.08. The molecule has 0 amide bonds. The molecule has 2 aromatic carbocycles. The van der Waals surface area contributed by atoms with Crippen molar-refractivity contribution in [3.8, 4) is 0 Å². The van der Waals surface area contributed by atoms with Gasteiger partial charge in [-0.1, -0.05) is 12.1 Å². The second-order valence-electron chi connectivity index (χ2n) is 6.30. The molecule has 1 aliphatic rings. The number of Topliss-reactive ketones (excluding diaryl/α,β-unsaturated/α-hetero) is 1. The largest absolute Gasteiger partial charge is 0.295 e. The van der Waals surface area contributed by atoms with Crippen LogP contribution in [0.15, 0.2) is 47.4 Å². The van der Waals surface area contributed by atoms with Gasteiger partial charge in [-0.3, -0.25) is 4.79 Å². The SMILES string of the molecule is CC(=O)c1ccc(S(=O)(=O)N2CCSC(c3cc(F)ccc3F)CC2)cc1. The maximum atomic E-state index is 14.0. The normalized spacial score (nSPS) is 18.9. The number of thioether (sulfide) groups is 1. The summed E-state index contributed by atoms with van der Waals surface area (Å²) in [7, 11) is -3.71. The van der Waals surface area contributed by atoms with Crippen molar-refractivity contribution in [2.24, 2.45) is 0 Å². The number of rotatable bonds is 4. The molecule has 4 nitrogen and oxygen atoms in total. The van der Waals surface area contributed by atoms with Gasteiger partial charge in [0.05, 0.1) is 4.90 Å². The Balaban J connectivity index is 1.78. The van der Waals surface area contributed by atoms with Gasteiger partial charge >= 0.3 is 0 Å². The Bertz CT molecular complexity index is 946. The van der Waals surface area contributed by atoms with Crippen LogP contribution in [0.5, 0.6) is 0 Å². The lowest BCUT2D eigenvalue weighted by Crippen LogP contribution is -2.33. The summed E-state index contributed by atoms with van der Waals surface area (Å²) in [5, 5.41) is -0.305. The highest BCUT2D eigenvalue weighted by atomic mass is 32.2. The van der Waals surface area contributed by atoms with Crippen LogP contribution in [0.2, 0.25) is 0 Å². The van der Waals surface area contributed by atoms with E-state index < -0.39 is 21.7 Å². The van der Waals surface area contributed by atoms with Crippen LogP contribution in [0.3, 0.4) is 0 Å². The number of hydrogen-bond donors (Lipinski definition) is 0. The van der Waals surface area contributed by atoms with Gasteiger partial charge in [-0.2, -0.15) is 16.1 Å². The lowest BCUT2D eigenvalue weighted by atomic mass is 10.1. The number of carbonyl (C=O) groups excluding carboxylic acids is 1. The van der Waals surface area contributed by atoms with Crippen molar-refractivity contribution in [3.63, 3.8) is 0 Å². The van der Waals surface area contributed by atoms with Gasteiger partial charge in [-0.25, -0.2) is 17.2 Å². The van der Waals surface area contributed by atoms with Gasteiger partial charge in [0.2, 0.25) is 10.0 Å². The maximum absolute atomic E-state index is 14.0. The smallest absolute Gasteiger partial charge is 0.243 e. The van der Waals surface area contributed by atoms with E-state index in [9.17, 15) is 22.0 Å². The first-order valence-electron chi connectivity index (χ1n) is 8.47. The van der Waals surface area contributed by atoms with Crippen LogP contribution >= 0.6 is 11.8 Å². The summed E-state index contributed by atoms with van der Waals surface area (Å²) in [6, 6.07) is 9.18. The van der Waals surface area contributed by atoms with Gasteiger partial charge in [0, 0.05) is 35.2 Å². The Morgan fingerprint density at radius 2 is 1.81 bits per heavy atom. The van der Waals surface area contributed by atoms with E-state index in [-0.39, 0.29) is 34.6 Å². The molecule has 0 saturated carbocycles. The lowest BCUT2D eigenvalue weighted by molar-refractivity contribution is 0.101. The highest BCUT2D eigenvalue weighted by Crippen LogP contribution is 2.37. The van der Waals surface area contributed by atoms with Crippen molar-refractivity contribution in [1.29, 1.82) is 0 Å². The molecule has 1 aliphatic heterocycles. The Kier molecular flexibility index (Phi) is 5.98. The molecule has 0 spiro atoms. The van der Waals surface area contributed by atoms with E-state index in [1.807, 2.05) is 0 Å². The number of benzene rings is 2. The van der Waals surface area contributed by atoms with Gasteiger partial charge in [-0.05, 0) is 43.7 Å². The topological polar surface area (TPSA) is 54.5 Å².